The first kappa shape index (κ1) is 12.4. The molecule has 0 saturated carbocycles. The van der Waals surface area contributed by atoms with Gasteiger partial charge in [0.15, 0.2) is 0 Å². The summed E-state index contributed by atoms with van der Waals surface area (Å²) in [7, 11) is 0. The molecule has 0 spiro atoms. The highest BCUT2D eigenvalue weighted by molar-refractivity contribution is 5.65. The molecule has 1 aromatic carbocycles. The predicted molar refractivity (Wildman–Crippen MR) is 62.6 cm³/mol. The molecule has 88 valence electrons. The van der Waals surface area contributed by atoms with Crippen LogP contribution in [0.15, 0.2) is 18.2 Å². The van der Waals surface area contributed by atoms with E-state index in [2.05, 4.69) is 5.32 Å². The van der Waals surface area contributed by atoms with Crippen molar-refractivity contribution in [3.8, 4) is 0 Å². The second-order valence-electron chi connectivity index (χ2n) is 3.79. The van der Waals surface area contributed by atoms with Gasteiger partial charge in [-0.15, -0.1) is 0 Å². The summed E-state index contributed by atoms with van der Waals surface area (Å²) in [5.74, 6) is 0. The van der Waals surface area contributed by atoms with Gasteiger partial charge in [0.05, 0.1) is 4.92 Å². The average Bonchev–Trinajstić information content (AvgIpc) is 2.17. The number of nitro benzene ring substituents is 1. The van der Waals surface area contributed by atoms with Crippen LogP contribution in [0, 0.1) is 17.0 Å². The highest BCUT2D eigenvalue weighted by atomic mass is 16.6. The van der Waals surface area contributed by atoms with E-state index in [-0.39, 0.29) is 23.3 Å². The third kappa shape index (κ3) is 2.93. The summed E-state index contributed by atoms with van der Waals surface area (Å²) in [4.78, 5) is 10.5. The highest BCUT2D eigenvalue weighted by Gasteiger charge is 2.17. The maximum absolute atomic E-state index is 10.9. The molecule has 0 heterocycles. The fourth-order valence-corrected chi connectivity index (χ4v) is 1.55. The minimum absolute atomic E-state index is 0.00509. The van der Waals surface area contributed by atoms with Crippen molar-refractivity contribution in [3.63, 3.8) is 0 Å². The topological polar surface area (TPSA) is 75.4 Å². The Bertz CT molecular complexity index is 379. The van der Waals surface area contributed by atoms with Crippen molar-refractivity contribution in [1.82, 2.24) is 0 Å². The summed E-state index contributed by atoms with van der Waals surface area (Å²) in [5.41, 5.74) is 1.24. The number of anilines is 1. The standard InChI is InChI=1S/C11H16N2O3/c1-8-4-3-5-10(11(8)13(15)16)12-9(2)6-7-14/h3-5,9,12,14H,6-7H2,1-2H3. The van der Waals surface area contributed by atoms with E-state index < -0.39 is 0 Å². The molecule has 0 fully saturated rings. The zero-order chi connectivity index (χ0) is 12.1. The van der Waals surface area contributed by atoms with E-state index in [9.17, 15) is 10.1 Å². The second-order valence-corrected chi connectivity index (χ2v) is 3.79. The number of aryl methyl sites for hydroxylation is 1. The van der Waals surface area contributed by atoms with Crippen molar-refractivity contribution in [2.45, 2.75) is 26.3 Å². The Morgan fingerprint density at radius 1 is 1.56 bits per heavy atom. The van der Waals surface area contributed by atoms with E-state index in [1.54, 1.807) is 25.1 Å². The molecule has 0 saturated heterocycles. The van der Waals surface area contributed by atoms with E-state index in [4.69, 9.17) is 5.11 Å². The smallest absolute Gasteiger partial charge is 0.295 e. The lowest BCUT2D eigenvalue weighted by Crippen LogP contribution is -2.17. The maximum atomic E-state index is 10.9. The van der Waals surface area contributed by atoms with Crippen LogP contribution in [0.5, 0.6) is 0 Å². The van der Waals surface area contributed by atoms with Crippen molar-refractivity contribution in [2.75, 3.05) is 11.9 Å². The third-order valence-corrected chi connectivity index (χ3v) is 2.38. The van der Waals surface area contributed by atoms with Crippen LogP contribution < -0.4 is 5.32 Å². The molecule has 16 heavy (non-hydrogen) atoms. The molecule has 0 amide bonds. The van der Waals surface area contributed by atoms with Gasteiger partial charge in [-0.2, -0.15) is 0 Å². The molecule has 5 nitrogen and oxygen atoms in total. The molecule has 1 unspecified atom stereocenters. The van der Waals surface area contributed by atoms with E-state index in [0.29, 0.717) is 17.7 Å². The molecule has 1 aromatic rings. The Morgan fingerprint density at radius 2 is 2.25 bits per heavy atom. The van der Waals surface area contributed by atoms with Gasteiger partial charge in [-0.3, -0.25) is 10.1 Å². The Kier molecular flexibility index (Phi) is 4.25. The molecule has 2 N–H and O–H groups in total. The molecule has 0 aliphatic rings. The Morgan fingerprint density at radius 3 is 2.81 bits per heavy atom. The number of nitrogens with one attached hydrogen (secondary N) is 1. The van der Waals surface area contributed by atoms with Gasteiger partial charge in [-0.25, -0.2) is 0 Å². The van der Waals surface area contributed by atoms with E-state index in [0.717, 1.165) is 0 Å². The van der Waals surface area contributed by atoms with Crippen LogP contribution in [0.2, 0.25) is 0 Å². The van der Waals surface area contributed by atoms with Gasteiger partial charge in [0.25, 0.3) is 5.69 Å². The van der Waals surface area contributed by atoms with Crippen molar-refractivity contribution < 1.29 is 10.0 Å². The van der Waals surface area contributed by atoms with Gasteiger partial charge in [-0.1, -0.05) is 12.1 Å². The Labute approximate surface area is 94.3 Å². The summed E-state index contributed by atoms with van der Waals surface area (Å²) in [6.45, 7) is 3.65. The van der Waals surface area contributed by atoms with Gasteiger partial charge in [0.2, 0.25) is 0 Å². The van der Waals surface area contributed by atoms with Gasteiger partial charge < -0.3 is 10.4 Å². The van der Waals surface area contributed by atoms with Crippen LogP contribution in [0.1, 0.15) is 18.9 Å². The van der Waals surface area contributed by atoms with E-state index in [1.165, 1.54) is 0 Å². The summed E-state index contributed by atoms with van der Waals surface area (Å²) in [6, 6.07) is 5.17. The number of nitrogens with zero attached hydrogens (tertiary/aromatic N) is 1. The Balaban J connectivity index is 2.95. The molecule has 0 bridgehead atoms. The molecule has 0 aliphatic heterocycles. The van der Waals surface area contributed by atoms with Crippen molar-refractivity contribution in [1.29, 1.82) is 0 Å². The van der Waals surface area contributed by atoms with Crippen molar-refractivity contribution in [3.05, 3.63) is 33.9 Å². The summed E-state index contributed by atoms with van der Waals surface area (Å²) >= 11 is 0. The minimum atomic E-state index is -0.386. The maximum Gasteiger partial charge on any atom is 0.295 e. The fraction of sp³-hybridized carbons (Fsp3) is 0.455. The van der Waals surface area contributed by atoms with Crippen LogP contribution >= 0.6 is 0 Å². The van der Waals surface area contributed by atoms with Gasteiger partial charge >= 0.3 is 0 Å². The lowest BCUT2D eigenvalue weighted by molar-refractivity contribution is -0.384. The first-order valence-electron chi connectivity index (χ1n) is 5.17. The molecule has 0 aromatic heterocycles. The van der Waals surface area contributed by atoms with Crippen LogP contribution in [0.3, 0.4) is 0 Å². The normalized spacial score (nSPS) is 12.2. The number of benzene rings is 1. The number of hydrogen-bond acceptors (Lipinski definition) is 4. The minimum Gasteiger partial charge on any atom is -0.396 e. The largest absolute Gasteiger partial charge is 0.396 e. The highest BCUT2D eigenvalue weighted by Crippen LogP contribution is 2.28. The second kappa shape index (κ2) is 5.46. The van der Waals surface area contributed by atoms with E-state index in [1.807, 2.05) is 6.92 Å². The third-order valence-electron chi connectivity index (χ3n) is 2.38. The lowest BCUT2D eigenvalue weighted by Gasteiger charge is -2.14. The predicted octanol–water partition coefficient (Wildman–Crippen LogP) is 2.09. The first-order chi connectivity index (χ1) is 7.56. The van der Waals surface area contributed by atoms with Gasteiger partial charge in [0, 0.05) is 18.2 Å². The summed E-state index contributed by atoms with van der Waals surface area (Å²) < 4.78 is 0. The van der Waals surface area contributed by atoms with E-state index >= 15 is 0 Å². The number of aliphatic hydroxyl groups is 1. The SMILES string of the molecule is Cc1cccc(NC(C)CCO)c1[N+](=O)[O-]. The summed E-state index contributed by atoms with van der Waals surface area (Å²) in [5, 5.41) is 22.7. The monoisotopic (exact) mass is 224 g/mol. The zero-order valence-corrected chi connectivity index (χ0v) is 9.43. The first-order valence-corrected chi connectivity index (χ1v) is 5.17. The number of nitro groups is 1. The quantitative estimate of drug-likeness (QED) is 0.593. The average molecular weight is 224 g/mol. The number of aliphatic hydroxyl groups excluding tert-OH is 1. The molecule has 5 heteroatoms. The van der Waals surface area contributed by atoms with Crippen molar-refractivity contribution in [2.24, 2.45) is 0 Å². The Hall–Kier alpha value is -1.62. The molecule has 1 atom stereocenters. The molecule has 1 rings (SSSR count). The van der Waals surface area contributed by atoms with Gasteiger partial charge in [0.1, 0.15) is 5.69 Å². The van der Waals surface area contributed by atoms with Crippen LogP contribution in [0.4, 0.5) is 11.4 Å². The molecule has 0 radical (unpaired) electrons. The zero-order valence-electron chi connectivity index (χ0n) is 9.43. The number of hydrogen-bond donors (Lipinski definition) is 2. The van der Waals surface area contributed by atoms with Gasteiger partial charge in [-0.05, 0) is 26.3 Å². The van der Waals surface area contributed by atoms with Crippen LogP contribution in [-0.4, -0.2) is 22.7 Å². The fourth-order valence-electron chi connectivity index (χ4n) is 1.55. The van der Waals surface area contributed by atoms with Crippen LogP contribution in [0.25, 0.3) is 0 Å². The van der Waals surface area contributed by atoms with Crippen LogP contribution in [-0.2, 0) is 0 Å². The lowest BCUT2D eigenvalue weighted by atomic mass is 10.1. The molecular weight excluding hydrogens is 208 g/mol. The number of rotatable bonds is 5. The molecular formula is C11H16N2O3. The molecule has 0 aliphatic carbocycles. The summed E-state index contributed by atoms with van der Waals surface area (Å²) in [6.07, 6.45) is 0.561. The number of para-hydroxylation sites is 1. The van der Waals surface area contributed by atoms with Crippen molar-refractivity contribution >= 4 is 11.4 Å².